The standard InChI is InChI=1S/C17H25NO2/c1-4-8-16(13(2)3)17(20)18-15(12-19)11-14-9-6-5-7-10-14/h4-7,9-10,13,15-16,19H,1,8,11-12H2,2-3H3,(H,18,20)/t15-,16+/m1/s1. The Hall–Kier alpha value is -1.61. The van der Waals surface area contributed by atoms with Gasteiger partial charge in [0.25, 0.3) is 0 Å². The molecule has 0 aliphatic carbocycles. The number of aliphatic hydroxyl groups excluding tert-OH is 1. The van der Waals surface area contributed by atoms with Crippen LogP contribution in [0.3, 0.4) is 0 Å². The van der Waals surface area contributed by atoms with Gasteiger partial charge in [0.1, 0.15) is 0 Å². The zero-order valence-electron chi connectivity index (χ0n) is 12.4. The third-order valence-corrected chi connectivity index (χ3v) is 3.45. The smallest absolute Gasteiger partial charge is 0.223 e. The number of nitrogens with one attached hydrogen (secondary N) is 1. The first-order valence-corrected chi connectivity index (χ1v) is 7.14. The molecular formula is C17H25NO2. The van der Waals surface area contributed by atoms with Gasteiger partial charge in [-0.2, -0.15) is 0 Å². The van der Waals surface area contributed by atoms with E-state index < -0.39 is 0 Å². The van der Waals surface area contributed by atoms with Crippen molar-refractivity contribution in [3.63, 3.8) is 0 Å². The number of rotatable bonds is 8. The monoisotopic (exact) mass is 275 g/mol. The summed E-state index contributed by atoms with van der Waals surface area (Å²) in [7, 11) is 0. The molecule has 0 spiro atoms. The maximum Gasteiger partial charge on any atom is 0.223 e. The molecule has 0 aromatic heterocycles. The molecule has 2 N–H and O–H groups in total. The van der Waals surface area contributed by atoms with E-state index in [1.807, 2.05) is 44.2 Å². The number of hydrogen-bond acceptors (Lipinski definition) is 2. The van der Waals surface area contributed by atoms with Crippen LogP contribution >= 0.6 is 0 Å². The second-order valence-electron chi connectivity index (χ2n) is 5.45. The van der Waals surface area contributed by atoms with Gasteiger partial charge in [0.15, 0.2) is 0 Å². The molecule has 0 radical (unpaired) electrons. The molecule has 0 saturated carbocycles. The van der Waals surface area contributed by atoms with E-state index in [0.29, 0.717) is 12.8 Å². The predicted octanol–water partition coefficient (Wildman–Crippen LogP) is 2.55. The second-order valence-corrected chi connectivity index (χ2v) is 5.45. The topological polar surface area (TPSA) is 49.3 Å². The van der Waals surface area contributed by atoms with E-state index in [4.69, 9.17) is 0 Å². The van der Waals surface area contributed by atoms with Crippen LogP contribution in [0.15, 0.2) is 43.0 Å². The van der Waals surface area contributed by atoms with Crippen molar-refractivity contribution in [1.29, 1.82) is 0 Å². The Kier molecular flexibility index (Phi) is 7.02. The van der Waals surface area contributed by atoms with E-state index in [1.165, 1.54) is 0 Å². The number of amides is 1. The number of carbonyl (C=O) groups is 1. The van der Waals surface area contributed by atoms with Crippen LogP contribution in [0.2, 0.25) is 0 Å². The first kappa shape index (κ1) is 16.4. The maximum atomic E-state index is 12.3. The van der Waals surface area contributed by atoms with Gasteiger partial charge >= 0.3 is 0 Å². The van der Waals surface area contributed by atoms with Crippen molar-refractivity contribution in [2.75, 3.05) is 6.61 Å². The van der Waals surface area contributed by atoms with Crippen molar-refractivity contribution in [3.8, 4) is 0 Å². The zero-order valence-corrected chi connectivity index (χ0v) is 12.4. The van der Waals surface area contributed by atoms with Crippen LogP contribution in [-0.4, -0.2) is 23.7 Å². The third kappa shape index (κ3) is 5.17. The number of allylic oxidation sites excluding steroid dienone is 1. The number of hydrogen-bond donors (Lipinski definition) is 2. The van der Waals surface area contributed by atoms with Crippen LogP contribution in [0.4, 0.5) is 0 Å². The summed E-state index contributed by atoms with van der Waals surface area (Å²) in [4.78, 5) is 12.3. The van der Waals surface area contributed by atoms with Gasteiger partial charge < -0.3 is 10.4 Å². The first-order chi connectivity index (χ1) is 9.58. The second kappa shape index (κ2) is 8.54. The normalized spacial score (nSPS) is 13.8. The largest absolute Gasteiger partial charge is 0.394 e. The van der Waals surface area contributed by atoms with Crippen LogP contribution < -0.4 is 5.32 Å². The fourth-order valence-corrected chi connectivity index (χ4v) is 2.23. The molecule has 0 heterocycles. The van der Waals surface area contributed by atoms with E-state index in [1.54, 1.807) is 6.08 Å². The molecule has 2 atom stereocenters. The van der Waals surface area contributed by atoms with Crippen molar-refractivity contribution < 1.29 is 9.90 Å². The van der Waals surface area contributed by atoms with Crippen molar-refractivity contribution in [2.45, 2.75) is 32.7 Å². The Bertz CT molecular complexity index is 414. The van der Waals surface area contributed by atoms with E-state index in [9.17, 15) is 9.90 Å². The summed E-state index contributed by atoms with van der Waals surface area (Å²) in [6.07, 6.45) is 3.07. The minimum absolute atomic E-state index is 0.00474. The molecule has 20 heavy (non-hydrogen) atoms. The van der Waals surface area contributed by atoms with Crippen molar-refractivity contribution >= 4 is 5.91 Å². The van der Waals surface area contributed by atoms with Gasteiger partial charge in [0, 0.05) is 5.92 Å². The minimum Gasteiger partial charge on any atom is -0.394 e. The minimum atomic E-state index is -0.240. The fourth-order valence-electron chi connectivity index (χ4n) is 2.23. The van der Waals surface area contributed by atoms with Crippen LogP contribution in [0, 0.1) is 11.8 Å². The maximum absolute atomic E-state index is 12.3. The molecule has 3 nitrogen and oxygen atoms in total. The van der Waals surface area contributed by atoms with Gasteiger partial charge in [-0.3, -0.25) is 4.79 Å². The summed E-state index contributed by atoms with van der Waals surface area (Å²) in [5, 5.41) is 12.4. The highest BCUT2D eigenvalue weighted by molar-refractivity contribution is 5.79. The SMILES string of the molecule is C=CC[C@H](C(=O)N[C@@H](CO)Cc1ccccc1)C(C)C. The quantitative estimate of drug-likeness (QED) is 0.716. The van der Waals surface area contributed by atoms with E-state index in [2.05, 4.69) is 11.9 Å². The lowest BCUT2D eigenvalue weighted by atomic mass is 9.91. The molecule has 0 bridgehead atoms. The number of benzene rings is 1. The molecule has 1 aromatic rings. The first-order valence-electron chi connectivity index (χ1n) is 7.14. The van der Waals surface area contributed by atoms with Crippen LogP contribution in [0.25, 0.3) is 0 Å². The summed E-state index contributed by atoms with van der Waals surface area (Å²) < 4.78 is 0. The summed E-state index contributed by atoms with van der Waals surface area (Å²) in [5.74, 6) is 0.163. The molecule has 0 fully saturated rings. The number of carbonyl (C=O) groups excluding carboxylic acids is 1. The molecule has 1 aromatic carbocycles. The lowest BCUT2D eigenvalue weighted by molar-refractivity contribution is -0.127. The molecule has 0 aliphatic rings. The van der Waals surface area contributed by atoms with Crippen molar-refractivity contribution in [1.82, 2.24) is 5.32 Å². The van der Waals surface area contributed by atoms with E-state index in [0.717, 1.165) is 5.56 Å². The zero-order chi connectivity index (χ0) is 15.0. The summed E-state index contributed by atoms with van der Waals surface area (Å²) >= 11 is 0. The summed E-state index contributed by atoms with van der Waals surface area (Å²) in [6.45, 7) is 7.70. The van der Waals surface area contributed by atoms with Crippen LogP contribution in [0.5, 0.6) is 0 Å². The number of aliphatic hydroxyl groups is 1. The van der Waals surface area contributed by atoms with Crippen LogP contribution in [-0.2, 0) is 11.2 Å². The van der Waals surface area contributed by atoms with Gasteiger partial charge in [0.05, 0.1) is 12.6 Å². The molecule has 110 valence electrons. The molecule has 3 heteroatoms. The lowest BCUT2D eigenvalue weighted by Crippen LogP contribution is -2.43. The van der Waals surface area contributed by atoms with Crippen molar-refractivity contribution in [3.05, 3.63) is 48.6 Å². The molecular weight excluding hydrogens is 250 g/mol. The van der Waals surface area contributed by atoms with Crippen LogP contribution in [0.1, 0.15) is 25.8 Å². The molecule has 1 amide bonds. The Morgan fingerprint density at radius 1 is 1.35 bits per heavy atom. The molecule has 0 aliphatic heterocycles. The van der Waals surface area contributed by atoms with E-state index in [-0.39, 0.29) is 30.4 Å². The molecule has 0 unspecified atom stereocenters. The van der Waals surface area contributed by atoms with Crippen molar-refractivity contribution in [2.24, 2.45) is 11.8 Å². The van der Waals surface area contributed by atoms with Gasteiger partial charge in [-0.1, -0.05) is 50.3 Å². The molecule has 0 saturated heterocycles. The van der Waals surface area contributed by atoms with E-state index >= 15 is 0 Å². The lowest BCUT2D eigenvalue weighted by Gasteiger charge is -2.23. The van der Waals surface area contributed by atoms with Gasteiger partial charge in [-0.25, -0.2) is 0 Å². The average Bonchev–Trinajstić information content (AvgIpc) is 2.44. The Morgan fingerprint density at radius 3 is 2.50 bits per heavy atom. The predicted molar refractivity (Wildman–Crippen MR) is 82.3 cm³/mol. The summed E-state index contributed by atoms with van der Waals surface area (Å²) in [6, 6.07) is 9.63. The summed E-state index contributed by atoms with van der Waals surface area (Å²) in [5.41, 5.74) is 1.11. The highest BCUT2D eigenvalue weighted by Gasteiger charge is 2.23. The molecule has 1 rings (SSSR count). The Balaban J connectivity index is 2.62. The van der Waals surface area contributed by atoms with Gasteiger partial charge in [-0.05, 0) is 24.3 Å². The Morgan fingerprint density at radius 2 is 2.00 bits per heavy atom. The third-order valence-electron chi connectivity index (χ3n) is 3.45. The highest BCUT2D eigenvalue weighted by atomic mass is 16.3. The average molecular weight is 275 g/mol. The van der Waals surface area contributed by atoms with Gasteiger partial charge in [0.2, 0.25) is 5.91 Å². The van der Waals surface area contributed by atoms with Gasteiger partial charge in [-0.15, -0.1) is 6.58 Å². The fraction of sp³-hybridized carbons (Fsp3) is 0.471. The Labute approximate surface area is 121 Å². The highest BCUT2D eigenvalue weighted by Crippen LogP contribution is 2.16.